The predicted octanol–water partition coefficient (Wildman–Crippen LogP) is 15.7. The van der Waals surface area contributed by atoms with Gasteiger partial charge in [-0.15, -0.1) is 0 Å². The van der Waals surface area contributed by atoms with Crippen molar-refractivity contribution in [2.45, 2.75) is 76.0 Å². The number of hydrogen-bond donors (Lipinski definition) is 1. The van der Waals surface area contributed by atoms with Gasteiger partial charge in [0.05, 0.1) is 28.1 Å². The highest BCUT2D eigenvalue weighted by Crippen LogP contribution is 2.43. The molecule has 2 aliphatic rings. The summed E-state index contributed by atoms with van der Waals surface area (Å²) in [4.78, 5) is 10.2. The number of fused-ring (bicyclic) bond motifs is 3. The van der Waals surface area contributed by atoms with Crippen LogP contribution in [-0.4, -0.2) is 19.6 Å². The van der Waals surface area contributed by atoms with Crippen molar-refractivity contribution in [1.82, 2.24) is 14.5 Å². The zero-order valence-corrected chi connectivity index (χ0v) is 35.2. The van der Waals surface area contributed by atoms with E-state index in [2.05, 4.69) is 144 Å². The fourth-order valence-corrected chi connectivity index (χ4v) is 10.6. The Morgan fingerprint density at radius 2 is 1.03 bits per heavy atom. The summed E-state index contributed by atoms with van der Waals surface area (Å²) in [6.07, 6.45) is 15.0. The maximum Gasteiger partial charge on any atom is 0.124 e. The molecule has 4 heteroatoms. The Bertz CT molecular complexity index is 3020. The number of phenolic OH excluding ortho intramolecular Hbond substituents is 1. The van der Waals surface area contributed by atoms with Crippen molar-refractivity contribution in [3.8, 4) is 67.5 Å². The van der Waals surface area contributed by atoms with E-state index in [-0.39, 0.29) is 5.75 Å². The molecular formula is C58H51N3O. The van der Waals surface area contributed by atoms with E-state index in [1.54, 1.807) is 6.07 Å². The van der Waals surface area contributed by atoms with Gasteiger partial charge in [0.2, 0.25) is 0 Å². The number of para-hydroxylation sites is 3. The molecule has 3 heterocycles. The first-order chi connectivity index (χ1) is 30.6. The molecule has 0 unspecified atom stereocenters. The van der Waals surface area contributed by atoms with Gasteiger partial charge in [-0.3, -0.25) is 4.98 Å². The van der Waals surface area contributed by atoms with Crippen molar-refractivity contribution >= 4 is 21.8 Å². The van der Waals surface area contributed by atoms with Crippen LogP contribution in [0.1, 0.15) is 87.2 Å². The van der Waals surface area contributed by atoms with Crippen molar-refractivity contribution in [3.05, 3.63) is 181 Å². The monoisotopic (exact) mass is 805 g/mol. The van der Waals surface area contributed by atoms with E-state index in [0.29, 0.717) is 11.8 Å². The first-order valence-electron chi connectivity index (χ1n) is 22.8. The summed E-state index contributed by atoms with van der Waals surface area (Å²) in [5, 5.41) is 13.6. The lowest BCUT2D eigenvalue weighted by Crippen LogP contribution is -2.08. The van der Waals surface area contributed by atoms with E-state index in [0.717, 1.165) is 50.6 Å². The molecule has 1 N–H and O–H groups in total. The number of aromatic nitrogens is 3. The molecule has 2 fully saturated rings. The number of benzene rings is 6. The molecule has 9 aromatic rings. The van der Waals surface area contributed by atoms with Crippen LogP contribution in [-0.2, 0) is 0 Å². The third kappa shape index (κ3) is 7.28. The molecule has 0 radical (unpaired) electrons. The highest BCUT2D eigenvalue weighted by Gasteiger charge is 2.23. The molecule has 0 spiro atoms. The molecule has 3 aromatic heterocycles. The fourth-order valence-electron chi connectivity index (χ4n) is 10.6. The molecule has 6 aromatic carbocycles. The Balaban J connectivity index is 1.02. The van der Waals surface area contributed by atoms with Gasteiger partial charge in [-0.2, -0.15) is 0 Å². The number of hydrogen-bond acceptors (Lipinski definition) is 3. The molecule has 2 saturated carbocycles. The van der Waals surface area contributed by atoms with Crippen molar-refractivity contribution in [3.63, 3.8) is 0 Å². The maximum absolute atomic E-state index is 11.2. The maximum atomic E-state index is 11.2. The van der Waals surface area contributed by atoms with Crippen LogP contribution < -0.4 is 0 Å². The van der Waals surface area contributed by atoms with Gasteiger partial charge < -0.3 is 9.67 Å². The summed E-state index contributed by atoms with van der Waals surface area (Å²) in [5.74, 6) is 1.46. The number of pyridine rings is 2. The van der Waals surface area contributed by atoms with Gasteiger partial charge in [-0.25, -0.2) is 4.98 Å². The zero-order valence-electron chi connectivity index (χ0n) is 35.2. The van der Waals surface area contributed by atoms with Crippen LogP contribution in [0.5, 0.6) is 5.75 Å². The Hall–Kier alpha value is -6.78. The Morgan fingerprint density at radius 3 is 1.79 bits per heavy atom. The van der Waals surface area contributed by atoms with E-state index >= 15 is 0 Å². The second-order valence-corrected chi connectivity index (χ2v) is 17.6. The smallest absolute Gasteiger partial charge is 0.124 e. The van der Waals surface area contributed by atoms with Gasteiger partial charge >= 0.3 is 0 Å². The number of nitrogens with zero attached hydrogens (tertiary/aromatic N) is 3. The van der Waals surface area contributed by atoms with Crippen molar-refractivity contribution in [2.24, 2.45) is 0 Å². The molecule has 0 bridgehead atoms. The summed E-state index contributed by atoms with van der Waals surface area (Å²) in [6, 6.07) is 58.5. The van der Waals surface area contributed by atoms with Crippen LogP contribution in [0.15, 0.2) is 170 Å². The third-order valence-corrected chi connectivity index (χ3v) is 13.7. The Morgan fingerprint density at radius 1 is 0.435 bits per heavy atom. The molecule has 4 nitrogen and oxygen atoms in total. The van der Waals surface area contributed by atoms with Gasteiger partial charge in [-0.05, 0) is 138 Å². The first-order valence-corrected chi connectivity index (χ1v) is 22.8. The second kappa shape index (κ2) is 16.6. The van der Waals surface area contributed by atoms with Crippen LogP contribution in [0.4, 0.5) is 0 Å². The topological polar surface area (TPSA) is 50.9 Å². The largest absolute Gasteiger partial charge is 0.507 e. The lowest BCUT2D eigenvalue weighted by atomic mass is 9.78. The summed E-state index contributed by atoms with van der Waals surface area (Å²) in [7, 11) is 0. The lowest BCUT2D eigenvalue weighted by Gasteiger charge is -2.27. The average Bonchev–Trinajstić information content (AvgIpc) is 3.69. The molecule has 11 rings (SSSR count). The summed E-state index contributed by atoms with van der Waals surface area (Å²) in [5.41, 5.74) is 16.5. The zero-order chi connectivity index (χ0) is 41.4. The quantitative estimate of drug-likeness (QED) is 0.166. The fraction of sp³-hybridized carbons (Fsp3) is 0.207. The van der Waals surface area contributed by atoms with Crippen LogP contribution in [0.2, 0.25) is 0 Å². The Labute approximate surface area is 364 Å². The van der Waals surface area contributed by atoms with E-state index in [1.807, 2.05) is 24.4 Å². The van der Waals surface area contributed by atoms with Gasteiger partial charge in [0.15, 0.2) is 0 Å². The van der Waals surface area contributed by atoms with Crippen molar-refractivity contribution in [1.29, 1.82) is 0 Å². The minimum atomic E-state index is 0.235. The Kier molecular flexibility index (Phi) is 10.2. The summed E-state index contributed by atoms with van der Waals surface area (Å²) >= 11 is 0. The molecule has 0 saturated heterocycles. The van der Waals surface area contributed by atoms with Crippen LogP contribution in [0, 0.1) is 0 Å². The van der Waals surface area contributed by atoms with E-state index in [4.69, 9.17) is 9.97 Å². The van der Waals surface area contributed by atoms with Crippen LogP contribution >= 0.6 is 0 Å². The minimum absolute atomic E-state index is 0.235. The van der Waals surface area contributed by atoms with Gasteiger partial charge in [-0.1, -0.05) is 136 Å². The second-order valence-electron chi connectivity index (χ2n) is 17.6. The molecule has 304 valence electrons. The van der Waals surface area contributed by atoms with Crippen molar-refractivity contribution < 1.29 is 5.11 Å². The summed E-state index contributed by atoms with van der Waals surface area (Å²) < 4.78 is 2.37. The van der Waals surface area contributed by atoms with Crippen LogP contribution in [0.3, 0.4) is 0 Å². The highest BCUT2D eigenvalue weighted by molar-refractivity contribution is 6.15. The molecule has 0 amide bonds. The number of rotatable bonds is 8. The average molecular weight is 806 g/mol. The molecule has 0 atom stereocenters. The highest BCUT2D eigenvalue weighted by atomic mass is 16.3. The first kappa shape index (κ1) is 38.2. The predicted molar refractivity (Wildman–Crippen MR) is 257 cm³/mol. The summed E-state index contributed by atoms with van der Waals surface area (Å²) in [6.45, 7) is 0. The van der Waals surface area contributed by atoms with Crippen molar-refractivity contribution in [2.75, 3.05) is 0 Å². The van der Waals surface area contributed by atoms with E-state index in [1.165, 1.54) is 108 Å². The molecule has 2 aliphatic carbocycles. The number of phenols is 1. The van der Waals surface area contributed by atoms with E-state index < -0.39 is 0 Å². The molecular weight excluding hydrogens is 755 g/mol. The lowest BCUT2D eigenvalue weighted by molar-refractivity contribution is 0.435. The normalized spacial score (nSPS) is 15.0. The molecule has 62 heavy (non-hydrogen) atoms. The van der Waals surface area contributed by atoms with Gasteiger partial charge in [0.25, 0.3) is 0 Å². The minimum Gasteiger partial charge on any atom is -0.507 e. The standard InChI is InChI=1S/C58H51N3O/c62-57-29-13-11-24-50(57)54-38-47(46-34-44(39-16-4-1-5-17-39)33-45(35-46)40-18-6-2-7-19-40)37-53(60-54)43-21-14-20-42(32-43)52-36-41(30-31-59-52)49-26-15-28-56-58(49)51-25-10-12-27-55(51)61(56)48-22-8-3-9-23-48/h3,8-15,20-40,62H,1-2,4-7,16-19H2. The number of aromatic hydroxyl groups is 1. The molecule has 0 aliphatic heterocycles. The van der Waals surface area contributed by atoms with Gasteiger partial charge in [0, 0.05) is 39.3 Å². The third-order valence-electron chi connectivity index (χ3n) is 13.7. The van der Waals surface area contributed by atoms with Gasteiger partial charge in [0.1, 0.15) is 5.75 Å². The van der Waals surface area contributed by atoms with Crippen LogP contribution in [0.25, 0.3) is 83.5 Å². The van der Waals surface area contributed by atoms with E-state index in [9.17, 15) is 5.11 Å². The SMILES string of the molecule is Oc1ccccc1-c1cc(-c2cc(C3CCCCC3)cc(C3CCCCC3)c2)cc(-c2cccc(-c3cc(-c4cccc5c4c4ccccc4n5-c4ccccc4)ccn3)c2)n1.